The van der Waals surface area contributed by atoms with Crippen molar-refractivity contribution in [1.82, 2.24) is 15.3 Å². The standard InChI is InChI=1S/C21H19N5OS/c22-13-18-19(17-6-1-2-9-24-17)25-21(28-18)26-20(27)16-5-3-4-15(12-16)14-7-10-23-11-8-14/h1-6,9,12,14,23H,7-8,10-11H2,(H,25,26,27). The van der Waals surface area contributed by atoms with Gasteiger partial charge in [-0.1, -0.05) is 29.5 Å². The lowest BCUT2D eigenvalue weighted by Crippen LogP contribution is -2.26. The molecule has 1 amide bonds. The van der Waals surface area contributed by atoms with Crippen LogP contribution in [0, 0.1) is 11.3 Å². The average molecular weight is 389 g/mol. The molecule has 4 rings (SSSR count). The summed E-state index contributed by atoms with van der Waals surface area (Å²) in [5, 5.41) is 16.0. The molecule has 28 heavy (non-hydrogen) atoms. The van der Waals surface area contributed by atoms with Gasteiger partial charge in [-0.15, -0.1) is 0 Å². The number of pyridine rings is 1. The van der Waals surface area contributed by atoms with E-state index >= 15 is 0 Å². The number of hydrogen-bond donors (Lipinski definition) is 2. The molecule has 1 aromatic carbocycles. The van der Waals surface area contributed by atoms with E-state index in [2.05, 4.69) is 32.7 Å². The summed E-state index contributed by atoms with van der Waals surface area (Å²) in [6, 6.07) is 15.4. The second kappa shape index (κ2) is 8.30. The number of carbonyl (C=O) groups is 1. The summed E-state index contributed by atoms with van der Waals surface area (Å²) in [5.41, 5.74) is 2.90. The highest BCUT2D eigenvalue weighted by atomic mass is 32.1. The summed E-state index contributed by atoms with van der Waals surface area (Å²) in [5.74, 6) is 0.261. The van der Waals surface area contributed by atoms with Crippen molar-refractivity contribution in [3.8, 4) is 17.5 Å². The predicted molar refractivity (Wildman–Crippen MR) is 109 cm³/mol. The molecule has 0 saturated carbocycles. The number of amides is 1. The third-order valence-corrected chi connectivity index (χ3v) is 5.69. The van der Waals surface area contributed by atoms with Crippen LogP contribution in [0.2, 0.25) is 0 Å². The van der Waals surface area contributed by atoms with Crippen LogP contribution in [0.25, 0.3) is 11.4 Å². The lowest BCUT2D eigenvalue weighted by Gasteiger charge is -2.23. The maximum Gasteiger partial charge on any atom is 0.257 e. The molecule has 6 nitrogen and oxygen atoms in total. The normalized spacial score (nSPS) is 14.4. The highest BCUT2D eigenvalue weighted by Crippen LogP contribution is 2.30. The Bertz CT molecular complexity index is 1020. The number of aromatic nitrogens is 2. The van der Waals surface area contributed by atoms with Gasteiger partial charge in [-0.2, -0.15) is 5.26 Å². The van der Waals surface area contributed by atoms with Crippen molar-refractivity contribution in [3.05, 3.63) is 64.7 Å². The van der Waals surface area contributed by atoms with Crippen LogP contribution >= 0.6 is 11.3 Å². The van der Waals surface area contributed by atoms with Gasteiger partial charge in [-0.05, 0) is 61.7 Å². The number of anilines is 1. The first kappa shape index (κ1) is 18.3. The maximum absolute atomic E-state index is 12.7. The Hall–Kier alpha value is -3.08. The molecule has 1 aliphatic heterocycles. The zero-order chi connectivity index (χ0) is 19.3. The average Bonchev–Trinajstić information content (AvgIpc) is 3.18. The Balaban J connectivity index is 1.54. The molecule has 140 valence electrons. The van der Waals surface area contributed by atoms with Crippen LogP contribution in [0.1, 0.15) is 39.6 Å². The Labute approximate surface area is 167 Å². The highest BCUT2D eigenvalue weighted by molar-refractivity contribution is 7.16. The summed E-state index contributed by atoms with van der Waals surface area (Å²) < 4.78 is 0. The smallest absolute Gasteiger partial charge is 0.257 e. The van der Waals surface area contributed by atoms with Crippen molar-refractivity contribution in [2.75, 3.05) is 18.4 Å². The third-order valence-electron chi connectivity index (χ3n) is 4.82. The van der Waals surface area contributed by atoms with E-state index < -0.39 is 0 Å². The molecule has 1 fully saturated rings. The maximum atomic E-state index is 12.7. The molecule has 2 aromatic heterocycles. The van der Waals surface area contributed by atoms with Crippen molar-refractivity contribution in [1.29, 1.82) is 5.26 Å². The summed E-state index contributed by atoms with van der Waals surface area (Å²) >= 11 is 1.16. The number of hydrogen-bond acceptors (Lipinski definition) is 6. The minimum atomic E-state index is -0.221. The van der Waals surface area contributed by atoms with Crippen molar-refractivity contribution in [2.24, 2.45) is 0 Å². The number of benzene rings is 1. The van der Waals surface area contributed by atoms with E-state index in [0.717, 1.165) is 37.3 Å². The van der Waals surface area contributed by atoms with Gasteiger partial charge < -0.3 is 5.32 Å². The molecule has 0 radical (unpaired) electrons. The Morgan fingerprint density at radius 1 is 1.21 bits per heavy atom. The van der Waals surface area contributed by atoms with E-state index in [4.69, 9.17) is 0 Å². The van der Waals surface area contributed by atoms with Crippen molar-refractivity contribution in [3.63, 3.8) is 0 Å². The zero-order valence-electron chi connectivity index (χ0n) is 15.2. The Morgan fingerprint density at radius 3 is 2.82 bits per heavy atom. The number of piperidine rings is 1. The minimum absolute atomic E-state index is 0.221. The van der Waals surface area contributed by atoms with E-state index in [1.807, 2.05) is 18.2 Å². The minimum Gasteiger partial charge on any atom is -0.317 e. The zero-order valence-corrected chi connectivity index (χ0v) is 16.0. The summed E-state index contributed by atoms with van der Waals surface area (Å²) in [6.45, 7) is 2.01. The first-order valence-electron chi connectivity index (χ1n) is 9.19. The monoisotopic (exact) mass is 389 g/mol. The van der Waals surface area contributed by atoms with E-state index in [9.17, 15) is 10.1 Å². The molecule has 1 aliphatic rings. The van der Waals surface area contributed by atoms with E-state index in [-0.39, 0.29) is 5.91 Å². The van der Waals surface area contributed by atoms with Gasteiger partial charge in [0.15, 0.2) is 5.13 Å². The number of nitriles is 1. The fourth-order valence-corrected chi connectivity index (χ4v) is 4.15. The molecule has 3 heterocycles. The van der Waals surface area contributed by atoms with Gasteiger partial charge in [0, 0.05) is 11.8 Å². The molecular weight excluding hydrogens is 370 g/mol. The van der Waals surface area contributed by atoms with Crippen LogP contribution in [0.3, 0.4) is 0 Å². The van der Waals surface area contributed by atoms with Crippen molar-refractivity contribution in [2.45, 2.75) is 18.8 Å². The first-order chi connectivity index (χ1) is 13.7. The van der Waals surface area contributed by atoms with Gasteiger partial charge in [-0.3, -0.25) is 15.1 Å². The number of thiazole rings is 1. The molecule has 2 N–H and O–H groups in total. The summed E-state index contributed by atoms with van der Waals surface area (Å²) in [4.78, 5) is 21.8. The quantitative estimate of drug-likeness (QED) is 0.708. The Kier molecular flexibility index (Phi) is 5.42. The SMILES string of the molecule is N#Cc1sc(NC(=O)c2cccc(C3CCNCC3)c2)nc1-c1ccccn1. The van der Waals surface area contributed by atoms with Crippen LogP contribution in [-0.2, 0) is 0 Å². The van der Waals surface area contributed by atoms with Crippen LogP contribution in [0.4, 0.5) is 5.13 Å². The predicted octanol–water partition coefficient (Wildman–Crippen LogP) is 3.80. The summed E-state index contributed by atoms with van der Waals surface area (Å²) in [6.07, 6.45) is 3.81. The van der Waals surface area contributed by atoms with E-state index in [1.54, 1.807) is 24.4 Å². The molecule has 0 unspecified atom stereocenters. The van der Waals surface area contributed by atoms with Crippen LogP contribution in [0.5, 0.6) is 0 Å². The fourth-order valence-electron chi connectivity index (χ4n) is 3.38. The van der Waals surface area contributed by atoms with Gasteiger partial charge in [-0.25, -0.2) is 4.98 Å². The van der Waals surface area contributed by atoms with Gasteiger partial charge in [0.05, 0.1) is 5.69 Å². The topological polar surface area (TPSA) is 90.7 Å². The lowest BCUT2D eigenvalue weighted by molar-refractivity contribution is 0.102. The molecule has 0 aliphatic carbocycles. The number of carbonyl (C=O) groups excluding carboxylic acids is 1. The second-order valence-electron chi connectivity index (χ2n) is 6.63. The fraction of sp³-hybridized carbons (Fsp3) is 0.238. The molecule has 7 heteroatoms. The summed E-state index contributed by atoms with van der Waals surface area (Å²) in [7, 11) is 0. The second-order valence-corrected chi connectivity index (χ2v) is 7.63. The Morgan fingerprint density at radius 2 is 2.07 bits per heavy atom. The van der Waals surface area contributed by atoms with E-state index in [1.165, 1.54) is 5.56 Å². The van der Waals surface area contributed by atoms with Crippen molar-refractivity contribution < 1.29 is 4.79 Å². The van der Waals surface area contributed by atoms with Crippen LogP contribution < -0.4 is 10.6 Å². The molecule has 0 bridgehead atoms. The van der Waals surface area contributed by atoms with Gasteiger partial charge >= 0.3 is 0 Å². The van der Waals surface area contributed by atoms with Crippen LogP contribution in [0.15, 0.2) is 48.7 Å². The van der Waals surface area contributed by atoms with Crippen LogP contribution in [-0.4, -0.2) is 29.0 Å². The molecular formula is C21H19N5OS. The number of rotatable bonds is 4. The number of nitrogens with zero attached hydrogens (tertiary/aromatic N) is 3. The highest BCUT2D eigenvalue weighted by Gasteiger charge is 2.18. The van der Waals surface area contributed by atoms with Gasteiger partial charge in [0.2, 0.25) is 0 Å². The largest absolute Gasteiger partial charge is 0.317 e. The van der Waals surface area contributed by atoms with E-state index in [0.29, 0.717) is 32.9 Å². The van der Waals surface area contributed by atoms with Gasteiger partial charge in [0.1, 0.15) is 16.6 Å². The lowest BCUT2D eigenvalue weighted by atomic mass is 9.89. The molecule has 0 atom stereocenters. The first-order valence-corrected chi connectivity index (χ1v) is 10.0. The molecule has 1 saturated heterocycles. The number of nitrogens with one attached hydrogen (secondary N) is 2. The molecule has 0 spiro atoms. The van der Waals surface area contributed by atoms with Gasteiger partial charge in [0.25, 0.3) is 5.91 Å². The molecule has 3 aromatic rings. The third kappa shape index (κ3) is 3.93. The van der Waals surface area contributed by atoms with Crippen molar-refractivity contribution >= 4 is 22.4 Å².